The Morgan fingerprint density at radius 2 is 1.42 bits per heavy atom. The Kier molecular flexibility index (Phi) is 7.80. The van der Waals surface area contributed by atoms with Crippen LogP contribution in [0.3, 0.4) is 0 Å². The molecule has 0 aliphatic heterocycles. The van der Waals surface area contributed by atoms with Crippen molar-refractivity contribution in [1.82, 2.24) is 4.90 Å². The van der Waals surface area contributed by atoms with E-state index in [1.807, 2.05) is 51.1 Å². The molecule has 1 atom stereocenters. The van der Waals surface area contributed by atoms with Crippen molar-refractivity contribution in [2.45, 2.75) is 45.9 Å². The fraction of sp³-hybridized carbons (Fsp3) is 0.375. The molecule has 166 valence electrons. The standard InChI is InChI=1S/C24H29NO6/c1-16(21(26)25(24(2,3)4)15-17-10-8-7-9-11-17)31-20-13-18(22(27)29-5)12-19(14-20)23(28)30-6/h7-14,16H,15H2,1-6H3/t16-/m1/s1. The number of carbonyl (C=O) groups excluding carboxylic acids is 3. The Bertz CT molecular complexity index is 899. The van der Waals surface area contributed by atoms with Gasteiger partial charge in [-0.25, -0.2) is 9.59 Å². The van der Waals surface area contributed by atoms with Gasteiger partial charge in [0.1, 0.15) is 5.75 Å². The summed E-state index contributed by atoms with van der Waals surface area (Å²) in [6, 6.07) is 13.9. The predicted molar refractivity (Wildman–Crippen MR) is 116 cm³/mol. The Hall–Kier alpha value is -3.35. The Morgan fingerprint density at radius 3 is 1.87 bits per heavy atom. The second-order valence-electron chi connectivity index (χ2n) is 8.07. The first-order valence-electron chi connectivity index (χ1n) is 9.90. The number of methoxy groups -OCH3 is 2. The van der Waals surface area contributed by atoms with Gasteiger partial charge < -0.3 is 19.1 Å². The zero-order valence-electron chi connectivity index (χ0n) is 18.8. The number of esters is 2. The van der Waals surface area contributed by atoms with Crippen molar-refractivity contribution in [2.75, 3.05) is 14.2 Å². The quantitative estimate of drug-likeness (QED) is 0.624. The minimum absolute atomic E-state index is 0.122. The van der Waals surface area contributed by atoms with Gasteiger partial charge in [-0.15, -0.1) is 0 Å². The summed E-state index contributed by atoms with van der Waals surface area (Å²) in [4.78, 5) is 39.0. The van der Waals surface area contributed by atoms with Crippen LogP contribution >= 0.6 is 0 Å². The van der Waals surface area contributed by atoms with E-state index >= 15 is 0 Å². The number of amides is 1. The molecule has 0 aliphatic carbocycles. The lowest BCUT2D eigenvalue weighted by Crippen LogP contribution is -2.50. The lowest BCUT2D eigenvalue weighted by molar-refractivity contribution is -0.143. The molecule has 0 saturated heterocycles. The van der Waals surface area contributed by atoms with Gasteiger partial charge in [-0.1, -0.05) is 30.3 Å². The minimum Gasteiger partial charge on any atom is -0.481 e. The van der Waals surface area contributed by atoms with Gasteiger partial charge in [0.2, 0.25) is 0 Å². The molecule has 0 aromatic heterocycles. The van der Waals surface area contributed by atoms with Crippen LogP contribution in [0.15, 0.2) is 48.5 Å². The molecular formula is C24H29NO6. The van der Waals surface area contributed by atoms with Crippen LogP contribution in [-0.4, -0.2) is 48.6 Å². The monoisotopic (exact) mass is 427 g/mol. The van der Waals surface area contributed by atoms with E-state index in [1.54, 1.807) is 11.8 Å². The summed E-state index contributed by atoms with van der Waals surface area (Å²) in [6.45, 7) is 7.91. The number of carbonyl (C=O) groups is 3. The molecule has 2 aromatic carbocycles. The zero-order chi connectivity index (χ0) is 23.2. The molecule has 0 heterocycles. The predicted octanol–water partition coefficient (Wildman–Crippen LogP) is 3.85. The maximum atomic E-state index is 13.3. The minimum atomic E-state index is -0.860. The lowest BCUT2D eigenvalue weighted by Gasteiger charge is -2.37. The summed E-state index contributed by atoms with van der Waals surface area (Å²) in [5, 5.41) is 0. The smallest absolute Gasteiger partial charge is 0.338 e. The molecule has 0 aliphatic rings. The highest BCUT2D eigenvalue weighted by Gasteiger charge is 2.31. The molecule has 7 nitrogen and oxygen atoms in total. The van der Waals surface area contributed by atoms with Crippen LogP contribution in [0.25, 0.3) is 0 Å². The number of hydrogen-bond acceptors (Lipinski definition) is 6. The van der Waals surface area contributed by atoms with E-state index in [2.05, 4.69) is 0 Å². The number of hydrogen-bond donors (Lipinski definition) is 0. The summed E-state index contributed by atoms with van der Waals surface area (Å²) in [7, 11) is 2.48. The lowest BCUT2D eigenvalue weighted by atomic mass is 10.0. The summed E-state index contributed by atoms with van der Waals surface area (Å²) >= 11 is 0. The highest BCUT2D eigenvalue weighted by atomic mass is 16.5. The molecule has 0 unspecified atom stereocenters. The highest BCUT2D eigenvalue weighted by Crippen LogP contribution is 2.23. The van der Waals surface area contributed by atoms with Crippen molar-refractivity contribution in [3.05, 3.63) is 65.2 Å². The molecule has 0 radical (unpaired) electrons. The van der Waals surface area contributed by atoms with Crippen LogP contribution in [0.1, 0.15) is 54.0 Å². The summed E-state index contributed by atoms with van der Waals surface area (Å²) < 4.78 is 15.3. The van der Waals surface area contributed by atoms with Crippen LogP contribution in [0.2, 0.25) is 0 Å². The van der Waals surface area contributed by atoms with Gasteiger partial charge in [-0.2, -0.15) is 0 Å². The highest BCUT2D eigenvalue weighted by molar-refractivity contribution is 5.96. The van der Waals surface area contributed by atoms with Gasteiger partial charge in [-0.05, 0) is 51.5 Å². The molecule has 0 saturated carbocycles. The molecule has 7 heteroatoms. The Morgan fingerprint density at radius 1 is 0.903 bits per heavy atom. The van der Waals surface area contributed by atoms with Crippen LogP contribution < -0.4 is 4.74 Å². The van der Waals surface area contributed by atoms with E-state index in [9.17, 15) is 14.4 Å². The average Bonchev–Trinajstić information content (AvgIpc) is 2.75. The molecule has 0 fully saturated rings. The molecule has 2 aromatic rings. The zero-order valence-corrected chi connectivity index (χ0v) is 18.8. The van der Waals surface area contributed by atoms with E-state index < -0.39 is 23.6 Å². The molecule has 0 bridgehead atoms. The van der Waals surface area contributed by atoms with Crippen LogP contribution in [0, 0.1) is 0 Å². The van der Waals surface area contributed by atoms with Crippen molar-refractivity contribution in [2.24, 2.45) is 0 Å². The summed E-state index contributed by atoms with van der Waals surface area (Å²) in [5.41, 5.74) is 0.794. The van der Waals surface area contributed by atoms with Gasteiger partial charge in [0.15, 0.2) is 6.10 Å². The van der Waals surface area contributed by atoms with E-state index in [-0.39, 0.29) is 22.8 Å². The van der Waals surface area contributed by atoms with Crippen molar-refractivity contribution in [1.29, 1.82) is 0 Å². The third kappa shape index (κ3) is 6.31. The second kappa shape index (κ2) is 10.1. The first kappa shape index (κ1) is 23.9. The summed E-state index contributed by atoms with van der Waals surface area (Å²) in [5.74, 6) is -1.29. The van der Waals surface area contributed by atoms with Crippen molar-refractivity contribution in [3.63, 3.8) is 0 Å². The van der Waals surface area contributed by atoms with Crippen LogP contribution in [0.5, 0.6) is 5.75 Å². The molecule has 1 amide bonds. The van der Waals surface area contributed by atoms with Crippen molar-refractivity contribution < 1.29 is 28.6 Å². The fourth-order valence-corrected chi connectivity index (χ4v) is 3.02. The van der Waals surface area contributed by atoms with Gasteiger partial charge in [0.05, 0.1) is 25.3 Å². The van der Waals surface area contributed by atoms with Gasteiger partial charge in [0.25, 0.3) is 5.91 Å². The third-order valence-corrected chi connectivity index (χ3v) is 4.67. The van der Waals surface area contributed by atoms with Crippen molar-refractivity contribution >= 4 is 17.8 Å². The molecule has 0 N–H and O–H groups in total. The average molecular weight is 427 g/mol. The van der Waals surface area contributed by atoms with E-state index in [4.69, 9.17) is 14.2 Å². The van der Waals surface area contributed by atoms with Gasteiger partial charge >= 0.3 is 11.9 Å². The van der Waals surface area contributed by atoms with Crippen LogP contribution in [-0.2, 0) is 20.8 Å². The molecule has 2 rings (SSSR count). The second-order valence-corrected chi connectivity index (χ2v) is 8.07. The number of rotatable bonds is 7. The molecule has 31 heavy (non-hydrogen) atoms. The summed E-state index contributed by atoms with van der Waals surface area (Å²) in [6.07, 6.45) is -0.860. The molecular weight excluding hydrogens is 398 g/mol. The maximum absolute atomic E-state index is 13.3. The third-order valence-electron chi connectivity index (χ3n) is 4.67. The Labute approximate surface area is 182 Å². The van der Waals surface area contributed by atoms with Gasteiger partial charge in [0, 0.05) is 12.1 Å². The Balaban J connectivity index is 2.30. The first-order chi connectivity index (χ1) is 14.6. The number of ether oxygens (including phenoxy) is 3. The van der Waals surface area contributed by atoms with Crippen LogP contribution in [0.4, 0.5) is 0 Å². The SMILES string of the molecule is COC(=O)c1cc(O[C@H](C)C(=O)N(Cc2ccccc2)C(C)(C)C)cc(C(=O)OC)c1. The number of benzene rings is 2. The van der Waals surface area contributed by atoms with Gasteiger partial charge in [-0.3, -0.25) is 4.79 Å². The van der Waals surface area contributed by atoms with E-state index in [1.165, 1.54) is 32.4 Å². The normalized spacial score (nSPS) is 11.9. The topological polar surface area (TPSA) is 82.1 Å². The maximum Gasteiger partial charge on any atom is 0.338 e. The molecule has 0 spiro atoms. The largest absolute Gasteiger partial charge is 0.481 e. The number of nitrogens with zero attached hydrogens (tertiary/aromatic N) is 1. The first-order valence-corrected chi connectivity index (χ1v) is 9.90. The van der Waals surface area contributed by atoms with Crippen molar-refractivity contribution in [3.8, 4) is 5.75 Å². The van der Waals surface area contributed by atoms with E-state index in [0.29, 0.717) is 6.54 Å². The van der Waals surface area contributed by atoms with E-state index in [0.717, 1.165) is 5.56 Å². The fourth-order valence-electron chi connectivity index (χ4n) is 3.02.